The van der Waals surface area contributed by atoms with Crippen molar-refractivity contribution in [3.05, 3.63) is 0 Å². The minimum Gasteiger partial charge on any atom is -0.341 e. The van der Waals surface area contributed by atoms with Gasteiger partial charge in [0.25, 0.3) is 0 Å². The number of piperidine rings is 2. The summed E-state index contributed by atoms with van der Waals surface area (Å²) >= 11 is 0. The number of hydrogen-bond acceptors (Lipinski definition) is 3. The molecule has 2 rings (SSSR count). The van der Waals surface area contributed by atoms with Gasteiger partial charge in [-0.25, -0.2) is 0 Å². The Hall–Kier alpha value is -0.610. The topological polar surface area (TPSA) is 35.6 Å². The minimum atomic E-state index is 0.0104. The number of amides is 1. The van der Waals surface area contributed by atoms with Crippen LogP contribution in [0.4, 0.5) is 0 Å². The van der Waals surface area contributed by atoms with Gasteiger partial charge in [0.05, 0.1) is 6.04 Å². The Labute approximate surface area is 130 Å². The molecule has 1 N–H and O–H groups in total. The van der Waals surface area contributed by atoms with Crippen molar-refractivity contribution in [2.45, 2.75) is 65.5 Å². The van der Waals surface area contributed by atoms with Gasteiger partial charge in [-0.2, -0.15) is 0 Å². The SMILES string of the molecule is CCN(CC)C1CCN(C(=O)C2NCCCC2(C)C)CC1. The lowest BCUT2D eigenvalue weighted by molar-refractivity contribution is -0.139. The Morgan fingerprint density at radius 2 is 1.86 bits per heavy atom. The van der Waals surface area contributed by atoms with Crippen LogP contribution in [-0.4, -0.2) is 60.5 Å². The fraction of sp³-hybridized carbons (Fsp3) is 0.941. The van der Waals surface area contributed by atoms with Crippen LogP contribution >= 0.6 is 0 Å². The fourth-order valence-electron chi connectivity index (χ4n) is 4.01. The van der Waals surface area contributed by atoms with Crippen molar-refractivity contribution in [3.8, 4) is 0 Å². The van der Waals surface area contributed by atoms with Crippen molar-refractivity contribution in [2.24, 2.45) is 5.41 Å². The van der Waals surface area contributed by atoms with E-state index in [1.807, 2.05) is 0 Å². The molecule has 1 amide bonds. The first-order chi connectivity index (χ1) is 9.99. The quantitative estimate of drug-likeness (QED) is 0.863. The van der Waals surface area contributed by atoms with Gasteiger partial charge in [0.2, 0.25) is 5.91 Å². The Morgan fingerprint density at radius 3 is 2.38 bits per heavy atom. The van der Waals surface area contributed by atoms with Gasteiger partial charge < -0.3 is 15.1 Å². The maximum atomic E-state index is 12.8. The van der Waals surface area contributed by atoms with E-state index in [1.165, 1.54) is 6.42 Å². The summed E-state index contributed by atoms with van der Waals surface area (Å²) in [6.07, 6.45) is 4.58. The van der Waals surface area contributed by atoms with Gasteiger partial charge in [0, 0.05) is 19.1 Å². The van der Waals surface area contributed by atoms with Gasteiger partial charge in [0.1, 0.15) is 0 Å². The molecule has 1 atom stereocenters. The summed E-state index contributed by atoms with van der Waals surface area (Å²) in [4.78, 5) is 17.5. The van der Waals surface area contributed by atoms with Gasteiger partial charge in [-0.1, -0.05) is 27.7 Å². The van der Waals surface area contributed by atoms with Crippen LogP contribution in [0.1, 0.15) is 53.4 Å². The highest BCUT2D eigenvalue weighted by Gasteiger charge is 2.40. The normalized spacial score (nSPS) is 27.1. The number of nitrogens with zero attached hydrogens (tertiary/aromatic N) is 2. The lowest BCUT2D eigenvalue weighted by atomic mass is 9.77. The Bertz CT molecular complexity index is 344. The van der Waals surface area contributed by atoms with Crippen LogP contribution in [-0.2, 0) is 4.79 Å². The van der Waals surface area contributed by atoms with Gasteiger partial charge >= 0.3 is 0 Å². The number of hydrogen-bond donors (Lipinski definition) is 1. The highest BCUT2D eigenvalue weighted by atomic mass is 16.2. The number of nitrogens with one attached hydrogen (secondary N) is 1. The van der Waals surface area contributed by atoms with Crippen molar-refractivity contribution in [1.29, 1.82) is 0 Å². The first-order valence-corrected chi connectivity index (χ1v) is 8.75. The molecular weight excluding hydrogens is 262 g/mol. The van der Waals surface area contributed by atoms with Crippen molar-refractivity contribution < 1.29 is 4.79 Å². The Balaban J connectivity index is 1.91. The highest BCUT2D eigenvalue weighted by Crippen LogP contribution is 2.31. The van der Waals surface area contributed by atoms with Crippen LogP contribution in [0.3, 0.4) is 0 Å². The summed E-state index contributed by atoms with van der Waals surface area (Å²) in [7, 11) is 0. The van der Waals surface area contributed by atoms with Crippen molar-refractivity contribution in [1.82, 2.24) is 15.1 Å². The maximum absolute atomic E-state index is 12.8. The first-order valence-electron chi connectivity index (χ1n) is 8.75. The lowest BCUT2D eigenvalue weighted by Crippen LogP contribution is -2.58. The molecule has 0 radical (unpaired) electrons. The molecule has 122 valence electrons. The molecule has 2 fully saturated rings. The van der Waals surface area contributed by atoms with E-state index in [1.54, 1.807) is 0 Å². The molecule has 2 aliphatic heterocycles. The first kappa shape index (κ1) is 16.8. The third-order valence-corrected chi connectivity index (χ3v) is 5.48. The number of carbonyl (C=O) groups is 1. The fourth-order valence-corrected chi connectivity index (χ4v) is 4.01. The summed E-state index contributed by atoms with van der Waals surface area (Å²) in [5.74, 6) is 0.331. The molecule has 2 saturated heterocycles. The third kappa shape index (κ3) is 3.78. The molecule has 0 aromatic rings. The van der Waals surface area contributed by atoms with E-state index >= 15 is 0 Å². The largest absolute Gasteiger partial charge is 0.341 e. The molecule has 0 bridgehead atoms. The molecule has 21 heavy (non-hydrogen) atoms. The predicted octanol–water partition coefficient (Wildman–Crippen LogP) is 2.10. The van der Waals surface area contributed by atoms with Crippen LogP contribution in [0.2, 0.25) is 0 Å². The second-order valence-electron chi connectivity index (χ2n) is 7.26. The molecular formula is C17H33N3O. The molecule has 0 saturated carbocycles. The molecule has 0 aromatic heterocycles. The van der Waals surface area contributed by atoms with Crippen LogP contribution in [0, 0.1) is 5.41 Å². The monoisotopic (exact) mass is 295 g/mol. The second kappa shape index (κ2) is 7.10. The average Bonchev–Trinajstić information content (AvgIpc) is 2.48. The summed E-state index contributed by atoms with van der Waals surface area (Å²) in [6.45, 7) is 14.0. The van der Waals surface area contributed by atoms with E-state index in [2.05, 4.69) is 42.8 Å². The van der Waals surface area contributed by atoms with Crippen LogP contribution < -0.4 is 5.32 Å². The van der Waals surface area contributed by atoms with Crippen LogP contribution in [0.15, 0.2) is 0 Å². The highest BCUT2D eigenvalue weighted by molar-refractivity contribution is 5.83. The molecule has 0 aromatic carbocycles. The van der Waals surface area contributed by atoms with Crippen molar-refractivity contribution in [2.75, 3.05) is 32.7 Å². The maximum Gasteiger partial charge on any atom is 0.240 e. The number of rotatable bonds is 4. The molecule has 2 heterocycles. The molecule has 4 heteroatoms. The molecule has 1 unspecified atom stereocenters. The second-order valence-corrected chi connectivity index (χ2v) is 7.26. The molecule has 0 spiro atoms. The van der Waals surface area contributed by atoms with Gasteiger partial charge in [-0.15, -0.1) is 0 Å². The van der Waals surface area contributed by atoms with E-state index < -0.39 is 0 Å². The summed E-state index contributed by atoms with van der Waals surface area (Å²) in [6, 6.07) is 0.674. The predicted molar refractivity (Wildman–Crippen MR) is 87.3 cm³/mol. The van der Waals surface area contributed by atoms with Crippen LogP contribution in [0.25, 0.3) is 0 Å². The molecule has 2 aliphatic rings. The van der Waals surface area contributed by atoms with Crippen molar-refractivity contribution >= 4 is 5.91 Å². The Kier molecular flexibility index (Phi) is 5.67. The van der Waals surface area contributed by atoms with Crippen LogP contribution in [0.5, 0.6) is 0 Å². The van der Waals surface area contributed by atoms with E-state index in [9.17, 15) is 4.79 Å². The van der Waals surface area contributed by atoms with E-state index in [0.29, 0.717) is 11.9 Å². The van der Waals surface area contributed by atoms with Crippen molar-refractivity contribution in [3.63, 3.8) is 0 Å². The van der Waals surface area contributed by atoms with Gasteiger partial charge in [0.15, 0.2) is 0 Å². The lowest BCUT2D eigenvalue weighted by Gasteiger charge is -2.43. The van der Waals surface area contributed by atoms with Gasteiger partial charge in [-0.05, 0) is 50.7 Å². The average molecular weight is 295 g/mol. The zero-order valence-electron chi connectivity index (χ0n) is 14.3. The number of carbonyl (C=O) groups excluding carboxylic acids is 1. The standard InChI is InChI=1S/C17H33N3O/c1-5-19(6-2)14-8-12-20(13-9-14)16(21)15-17(3,4)10-7-11-18-15/h14-15,18H,5-13H2,1-4H3. The third-order valence-electron chi connectivity index (χ3n) is 5.48. The van der Waals surface area contributed by atoms with Gasteiger partial charge in [-0.3, -0.25) is 4.79 Å². The smallest absolute Gasteiger partial charge is 0.240 e. The van der Waals surface area contributed by atoms with E-state index in [4.69, 9.17) is 0 Å². The number of likely N-dealkylation sites (tertiary alicyclic amines) is 1. The molecule has 4 nitrogen and oxygen atoms in total. The van der Waals surface area contributed by atoms with E-state index in [0.717, 1.165) is 52.0 Å². The summed E-state index contributed by atoms with van der Waals surface area (Å²) in [5.41, 5.74) is 0.0883. The zero-order chi connectivity index (χ0) is 15.5. The summed E-state index contributed by atoms with van der Waals surface area (Å²) < 4.78 is 0. The summed E-state index contributed by atoms with van der Waals surface area (Å²) in [5, 5.41) is 3.46. The minimum absolute atomic E-state index is 0.0104. The molecule has 0 aliphatic carbocycles. The Morgan fingerprint density at radius 1 is 1.24 bits per heavy atom. The van der Waals surface area contributed by atoms with E-state index in [-0.39, 0.29) is 11.5 Å². The zero-order valence-corrected chi connectivity index (χ0v) is 14.3.